The second-order valence-corrected chi connectivity index (χ2v) is 8.36. The minimum absolute atomic E-state index is 0.0398. The summed E-state index contributed by atoms with van der Waals surface area (Å²) < 4.78 is 25.0. The number of nitrogens with zero attached hydrogens (tertiary/aromatic N) is 1. The van der Waals surface area contributed by atoms with Gasteiger partial charge in [0.25, 0.3) is 5.91 Å². The van der Waals surface area contributed by atoms with E-state index in [1.54, 1.807) is 43.3 Å². The van der Waals surface area contributed by atoms with Crippen LogP contribution < -0.4 is 20.7 Å². The van der Waals surface area contributed by atoms with Crippen LogP contribution in [0.1, 0.15) is 24.2 Å². The third kappa shape index (κ3) is 6.66. The molecule has 1 aliphatic heterocycles. The summed E-state index contributed by atoms with van der Waals surface area (Å²) in [6.45, 7) is 5.58. The highest BCUT2D eigenvalue weighted by Gasteiger charge is 2.25. The van der Waals surface area contributed by atoms with Crippen LogP contribution in [0.15, 0.2) is 42.5 Å². The fraction of sp³-hybridized carbons (Fsp3) is 0.417. The van der Waals surface area contributed by atoms with E-state index in [0.717, 1.165) is 6.54 Å². The van der Waals surface area contributed by atoms with E-state index in [9.17, 15) is 14.0 Å². The zero-order valence-corrected chi connectivity index (χ0v) is 19.4. The summed E-state index contributed by atoms with van der Waals surface area (Å²) in [7, 11) is 3.38. The number of hydrogen-bond acceptors (Lipinski definition) is 5. The van der Waals surface area contributed by atoms with Gasteiger partial charge in [-0.15, -0.1) is 0 Å². The second kappa shape index (κ2) is 11.1. The van der Waals surface area contributed by atoms with Crippen molar-refractivity contribution in [2.24, 2.45) is 5.92 Å². The molecule has 3 rings (SSSR count). The predicted octanol–water partition coefficient (Wildman–Crippen LogP) is 3.56. The molecule has 0 fully saturated rings. The maximum Gasteiger partial charge on any atom is 0.323 e. The van der Waals surface area contributed by atoms with Crippen LogP contribution in [0.3, 0.4) is 0 Å². The van der Waals surface area contributed by atoms with E-state index in [-0.39, 0.29) is 24.0 Å². The van der Waals surface area contributed by atoms with Crippen molar-refractivity contribution in [3.05, 3.63) is 53.8 Å². The Balaban J connectivity index is 1.80. The lowest BCUT2D eigenvalue weighted by atomic mass is 10.0. The molecule has 2 aromatic rings. The molecule has 0 aromatic heterocycles. The van der Waals surface area contributed by atoms with Gasteiger partial charge in [0.05, 0.1) is 11.7 Å². The van der Waals surface area contributed by atoms with Crippen LogP contribution in [0.5, 0.6) is 5.75 Å². The summed E-state index contributed by atoms with van der Waals surface area (Å²) in [6.07, 6.45) is -0.116. The molecule has 0 unspecified atom stereocenters. The highest BCUT2D eigenvalue weighted by atomic mass is 19.1. The number of anilines is 2. The van der Waals surface area contributed by atoms with Gasteiger partial charge in [0.15, 0.2) is 0 Å². The standard InChI is InChI=1S/C24H31FN4O4/c1-15-12-26-16(2)14-33-21-11-19(28-24(31)27-18-7-5-6-17(25)10-18)8-9-20(21)23(30)29(3)13-22(15)32-4/h5-11,15-16,22,26H,12-14H2,1-4H3,(H2,27,28,31)/t15-,16+,22+/m1/s1. The smallest absolute Gasteiger partial charge is 0.323 e. The number of ether oxygens (including phenoxy) is 2. The topological polar surface area (TPSA) is 91.9 Å². The maximum atomic E-state index is 13.4. The van der Waals surface area contributed by atoms with Crippen molar-refractivity contribution in [2.75, 3.05) is 44.5 Å². The number of hydrogen-bond donors (Lipinski definition) is 3. The summed E-state index contributed by atoms with van der Waals surface area (Å²) >= 11 is 0. The van der Waals surface area contributed by atoms with Crippen LogP contribution in [0, 0.1) is 11.7 Å². The predicted molar refractivity (Wildman–Crippen MR) is 125 cm³/mol. The van der Waals surface area contributed by atoms with E-state index in [1.165, 1.54) is 18.2 Å². The number of fused-ring (bicyclic) bond motifs is 1. The molecule has 1 heterocycles. The van der Waals surface area contributed by atoms with E-state index >= 15 is 0 Å². The Morgan fingerprint density at radius 3 is 2.61 bits per heavy atom. The number of benzene rings is 2. The van der Waals surface area contributed by atoms with Gasteiger partial charge in [-0.25, -0.2) is 9.18 Å². The number of nitrogens with one attached hydrogen (secondary N) is 3. The summed E-state index contributed by atoms with van der Waals surface area (Å²) in [6, 6.07) is 9.98. The number of rotatable bonds is 3. The molecule has 2 aromatic carbocycles. The van der Waals surface area contributed by atoms with Crippen molar-refractivity contribution in [2.45, 2.75) is 26.0 Å². The minimum Gasteiger partial charge on any atom is -0.491 e. The summed E-state index contributed by atoms with van der Waals surface area (Å²) in [5.74, 6) is -0.0749. The molecule has 178 valence electrons. The molecule has 0 radical (unpaired) electrons. The fourth-order valence-electron chi connectivity index (χ4n) is 3.59. The molecule has 33 heavy (non-hydrogen) atoms. The van der Waals surface area contributed by atoms with Crippen molar-refractivity contribution in [3.8, 4) is 5.75 Å². The molecule has 0 bridgehead atoms. The fourth-order valence-corrected chi connectivity index (χ4v) is 3.59. The van der Waals surface area contributed by atoms with Gasteiger partial charge >= 0.3 is 6.03 Å². The molecular formula is C24H31FN4O4. The van der Waals surface area contributed by atoms with Gasteiger partial charge in [0, 0.05) is 50.7 Å². The van der Waals surface area contributed by atoms with Gasteiger partial charge in [-0.2, -0.15) is 0 Å². The third-order valence-corrected chi connectivity index (χ3v) is 5.57. The van der Waals surface area contributed by atoms with Gasteiger partial charge in [-0.1, -0.05) is 13.0 Å². The van der Waals surface area contributed by atoms with Gasteiger partial charge in [-0.3, -0.25) is 4.79 Å². The Bertz CT molecular complexity index is 987. The molecule has 3 atom stereocenters. The van der Waals surface area contributed by atoms with Crippen molar-refractivity contribution in [1.29, 1.82) is 0 Å². The molecule has 3 amide bonds. The van der Waals surface area contributed by atoms with Crippen molar-refractivity contribution in [3.63, 3.8) is 0 Å². The van der Waals surface area contributed by atoms with Crippen molar-refractivity contribution < 1.29 is 23.5 Å². The molecule has 0 saturated carbocycles. The summed E-state index contributed by atoms with van der Waals surface area (Å²) in [5.41, 5.74) is 1.16. The molecule has 3 N–H and O–H groups in total. The van der Waals surface area contributed by atoms with E-state index in [1.807, 2.05) is 6.92 Å². The molecule has 8 nitrogen and oxygen atoms in total. The van der Waals surface area contributed by atoms with Gasteiger partial charge in [-0.05, 0) is 43.2 Å². The van der Waals surface area contributed by atoms with Gasteiger partial charge in [0.2, 0.25) is 0 Å². The molecule has 0 saturated heterocycles. The Labute approximate surface area is 193 Å². The quantitative estimate of drug-likeness (QED) is 0.654. The highest BCUT2D eigenvalue weighted by Crippen LogP contribution is 2.26. The number of amides is 3. The van der Waals surface area contributed by atoms with E-state index in [0.29, 0.717) is 35.8 Å². The van der Waals surface area contributed by atoms with Gasteiger partial charge < -0.3 is 30.3 Å². The number of halogens is 1. The lowest BCUT2D eigenvalue weighted by molar-refractivity contribution is 0.0281. The number of urea groups is 1. The van der Waals surface area contributed by atoms with E-state index in [2.05, 4.69) is 22.9 Å². The van der Waals surface area contributed by atoms with E-state index < -0.39 is 11.8 Å². The lowest BCUT2D eigenvalue weighted by Gasteiger charge is -2.30. The largest absolute Gasteiger partial charge is 0.491 e. The maximum absolute atomic E-state index is 13.4. The average Bonchev–Trinajstić information content (AvgIpc) is 2.78. The number of likely N-dealkylation sites (N-methyl/N-ethyl adjacent to an activating group) is 1. The monoisotopic (exact) mass is 458 g/mol. The first-order chi connectivity index (χ1) is 15.8. The molecular weight excluding hydrogens is 427 g/mol. The first-order valence-electron chi connectivity index (χ1n) is 10.9. The zero-order chi connectivity index (χ0) is 24.0. The number of methoxy groups -OCH3 is 1. The molecule has 0 spiro atoms. The Kier molecular flexibility index (Phi) is 8.24. The molecule has 9 heteroatoms. The average molecular weight is 459 g/mol. The van der Waals surface area contributed by atoms with Crippen LogP contribution in [-0.4, -0.2) is 62.8 Å². The van der Waals surface area contributed by atoms with Crippen LogP contribution in [0.25, 0.3) is 0 Å². The Morgan fingerprint density at radius 1 is 1.18 bits per heavy atom. The highest BCUT2D eigenvalue weighted by molar-refractivity contribution is 6.01. The van der Waals surface area contributed by atoms with Crippen LogP contribution in [-0.2, 0) is 4.74 Å². The van der Waals surface area contributed by atoms with Crippen LogP contribution in [0.4, 0.5) is 20.6 Å². The number of carbonyl (C=O) groups excluding carboxylic acids is 2. The van der Waals surface area contributed by atoms with Crippen LogP contribution in [0.2, 0.25) is 0 Å². The van der Waals surface area contributed by atoms with Gasteiger partial charge in [0.1, 0.15) is 18.2 Å². The molecule has 1 aliphatic rings. The number of carbonyl (C=O) groups is 2. The Morgan fingerprint density at radius 2 is 1.91 bits per heavy atom. The zero-order valence-electron chi connectivity index (χ0n) is 19.4. The Hall–Kier alpha value is -3.17. The normalized spacial score (nSPS) is 21.8. The molecule has 0 aliphatic carbocycles. The lowest BCUT2D eigenvalue weighted by Crippen LogP contribution is -2.44. The second-order valence-electron chi connectivity index (χ2n) is 8.36. The van der Waals surface area contributed by atoms with E-state index in [4.69, 9.17) is 9.47 Å². The summed E-state index contributed by atoms with van der Waals surface area (Å²) in [4.78, 5) is 27.1. The SMILES string of the molecule is CO[C@H]1CN(C)C(=O)c2ccc(NC(=O)Nc3cccc(F)c3)cc2OC[C@H](C)NC[C@H]1C. The minimum atomic E-state index is -0.538. The third-order valence-electron chi connectivity index (χ3n) is 5.57. The van der Waals surface area contributed by atoms with Crippen molar-refractivity contribution >= 4 is 23.3 Å². The first-order valence-corrected chi connectivity index (χ1v) is 10.9. The van der Waals surface area contributed by atoms with Crippen LogP contribution >= 0.6 is 0 Å². The summed E-state index contributed by atoms with van der Waals surface area (Å²) in [5, 5.41) is 8.70. The van der Waals surface area contributed by atoms with Crippen molar-refractivity contribution in [1.82, 2.24) is 10.2 Å². The first kappa shape index (κ1) is 24.5.